The van der Waals surface area contributed by atoms with Crippen molar-refractivity contribution in [3.8, 4) is 0 Å². The quantitative estimate of drug-likeness (QED) is 0.669. The number of anilines is 1. The van der Waals surface area contributed by atoms with Crippen LogP contribution >= 0.6 is 11.8 Å². The third-order valence-corrected chi connectivity index (χ3v) is 7.89. The van der Waals surface area contributed by atoms with Crippen molar-refractivity contribution in [2.75, 3.05) is 18.4 Å². The number of pyridine rings is 1. The second-order valence-corrected chi connectivity index (χ2v) is 10.4. The van der Waals surface area contributed by atoms with Crippen molar-refractivity contribution in [3.05, 3.63) is 48.2 Å². The maximum Gasteiger partial charge on any atom is 0.244 e. The molecule has 8 heteroatoms. The SMILES string of the molecule is CCc1ccc(NC(=O)C(C)Sc2ccc(S(=O)(=O)N3CCCCC3)cn2)cc1. The van der Waals surface area contributed by atoms with E-state index in [1.165, 1.54) is 27.8 Å². The molecule has 0 aliphatic carbocycles. The summed E-state index contributed by atoms with van der Waals surface area (Å²) in [5.74, 6) is -0.119. The molecular weight excluding hydrogens is 406 g/mol. The van der Waals surface area contributed by atoms with Crippen molar-refractivity contribution < 1.29 is 13.2 Å². The van der Waals surface area contributed by atoms with Gasteiger partial charge in [0.2, 0.25) is 15.9 Å². The zero-order valence-corrected chi connectivity index (χ0v) is 18.4. The number of aryl methyl sites for hydroxylation is 1. The monoisotopic (exact) mass is 433 g/mol. The predicted molar refractivity (Wildman–Crippen MR) is 117 cm³/mol. The van der Waals surface area contributed by atoms with Gasteiger partial charge in [0, 0.05) is 25.0 Å². The van der Waals surface area contributed by atoms with E-state index in [4.69, 9.17) is 0 Å². The topological polar surface area (TPSA) is 79.4 Å². The van der Waals surface area contributed by atoms with Crippen LogP contribution in [0.3, 0.4) is 0 Å². The molecule has 0 radical (unpaired) electrons. The van der Waals surface area contributed by atoms with E-state index < -0.39 is 10.0 Å². The molecule has 1 amide bonds. The minimum Gasteiger partial charge on any atom is -0.325 e. The Morgan fingerprint density at radius 2 is 1.83 bits per heavy atom. The van der Waals surface area contributed by atoms with Crippen molar-refractivity contribution in [3.63, 3.8) is 0 Å². The number of rotatable bonds is 7. The molecule has 1 aromatic carbocycles. The van der Waals surface area contributed by atoms with Gasteiger partial charge in [0.25, 0.3) is 0 Å². The summed E-state index contributed by atoms with van der Waals surface area (Å²) in [5, 5.41) is 3.16. The molecule has 0 spiro atoms. The lowest BCUT2D eigenvalue weighted by atomic mass is 10.1. The van der Waals surface area contributed by atoms with Gasteiger partial charge in [-0.15, -0.1) is 0 Å². The van der Waals surface area contributed by atoms with Gasteiger partial charge in [0.05, 0.1) is 10.3 Å². The lowest BCUT2D eigenvalue weighted by Gasteiger charge is -2.25. The summed E-state index contributed by atoms with van der Waals surface area (Å²) in [4.78, 5) is 16.9. The average molecular weight is 434 g/mol. The molecule has 1 aliphatic rings. The Labute approximate surface area is 177 Å². The van der Waals surface area contributed by atoms with Gasteiger partial charge in [0.15, 0.2) is 0 Å². The van der Waals surface area contributed by atoms with Crippen molar-refractivity contribution in [1.82, 2.24) is 9.29 Å². The van der Waals surface area contributed by atoms with Crippen LogP contribution in [-0.2, 0) is 21.2 Å². The summed E-state index contributed by atoms with van der Waals surface area (Å²) in [6.07, 6.45) is 5.21. The van der Waals surface area contributed by atoms with Gasteiger partial charge in [0.1, 0.15) is 4.90 Å². The smallest absolute Gasteiger partial charge is 0.244 e. The molecule has 156 valence electrons. The van der Waals surface area contributed by atoms with Crippen molar-refractivity contribution in [2.24, 2.45) is 0 Å². The number of piperidine rings is 1. The number of thioether (sulfide) groups is 1. The first-order chi connectivity index (χ1) is 13.9. The molecule has 0 saturated carbocycles. The highest BCUT2D eigenvalue weighted by atomic mass is 32.2. The van der Waals surface area contributed by atoms with Crippen LogP contribution in [0, 0.1) is 0 Å². The summed E-state index contributed by atoms with van der Waals surface area (Å²) in [6.45, 7) is 5.02. The highest BCUT2D eigenvalue weighted by molar-refractivity contribution is 8.00. The largest absolute Gasteiger partial charge is 0.325 e. The molecule has 6 nitrogen and oxygen atoms in total. The van der Waals surface area contributed by atoms with E-state index in [-0.39, 0.29) is 16.1 Å². The fraction of sp³-hybridized carbons (Fsp3) is 0.429. The molecule has 2 aromatic rings. The number of nitrogens with zero attached hydrogens (tertiary/aromatic N) is 2. The number of aromatic nitrogens is 1. The van der Waals surface area contributed by atoms with E-state index in [9.17, 15) is 13.2 Å². The summed E-state index contributed by atoms with van der Waals surface area (Å²) < 4.78 is 26.9. The van der Waals surface area contributed by atoms with E-state index in [0.29, 0.717) is 18.1 Å². The molecule has 3 rings (SSSR count). The third kappa shape index (κ3) is 5.58. The van der Waals surface area contributed by atoms with E-state index >= 15 is 0 Å². The number of carbonyl (C=O) groups is 1. The van der Waals surface area contributed by atoms with Crippen molar-refractivity contribution >= 4 is 33.4 Å². The highest BCUT2D eigenvalue weighted by Crippen LogP contribution is 2.25. The van der Waals surface area contributed by atoms with Gasteiger partial charge in [-0.1, -0.05) is 37.2 Å². The van der Waals surface area contributed by atoms with Gasteiger partial charge in [-0.2, -0.15) is 4.31 Å². The fourth-order valence-corrected chi connectivity index (χ4v) is 5.40. The standard InChI is InChI=1S/C21H27N3O3S2/c1-3-17-7-9-18(10-8-17)23-21(25)16(2)28-20-12-11-19(15-22-20)29(26,27)24-13-5-4-6-14-24/h7-12,15-16H,3-6,13-14H2,1-2H3,(H,23,25). The Kier molecular flexibility index (Phi) is 7.32. The first-order valence-corrected chi connectivity index (χ1v) is 12.2. The number of benzene rings is 1. The molecule has 1 fully saturated rings. The predicted octanol–water partition coefficient (Wildman–Crippen LogP) is 3.94. The van der Waals surface area contributed by atoms with Gasteiger partial charge in [-0.3, -0.25) is 4.79 Å². The first-order valence-electron chi connectivity index (χ1n) is 9.93. The molecule has 1 N–H and O–H groups in total. The molecule has 1 saturated heterocycles. The number of sulfonamides is 1. The molecule has 2 heterocycles. The third-order valence-electron chi connectivity index (χ3n) is 4.96. The second-order valence-electron chi connectivity index (χ2n) is 7.10. The van der Waals surface area contributed by atoms with Gasteiger partial charge in [-0.05, 0) is 56.0 Å². The Morgan fingerprint density at radius 3 is 2.41 bits per heavy atom. The molecule has 1 aromatic heterocycles. The lowest BCUT2D eigenvalue weighted by Crippen LogP contribution is -2.35. The van der Waals surface area contributed by atoms with Crippen molar-refractivity contribution in [2.45, 2.75) is 54.7 Å². The van der Waals surface area contributed by atoms with Gasteiger partial charge in [-0.25, -0.2) is 13.4 Å². The molecule has 1 unspecified atom stereocenters. The Morgan fingerprint density at radius 1 is 1.14 bits per heavy atom. The van der Waals surface area contributed by atoms with Crippen LogP contribution in [0.1, 0.15) is 38.7 Å². The molecule has 0 bridgehead atoms. The number of amides is 1. The second kappa shape index (κ2) is 9.73. The molecule has 1 atom stereocenters. The van der Waals surface area contributed by atoms with Crippen LogP contribution in [0.2, 0.25) is 0 Å². The number of carbonyl (C=O) groups excluding carboxylic acids is 1. The minimum atomic E-state index is -3.49. The summed E-state index contributed by atoms with van der Waals surface area (Å²) in [6, 6.07) is 11.0. The molecular formula is C21H27N3O3S2. The molecule has 1 aliphatic heterocycles. The van der Waals surface area contributed by atoms with E-state index in [0.717, 1.165) is 31.4 Å². The van der Waals surface area contributed by atoms with E-state index in [2.05, 4.69) is 17.2 Å². The maximum absolute atomic E-state index is 12.7. The number of nitrogens with one attached hydrogen (secondary N) is 1. The Balaban J connectivity index is 1.60. The number of hydrogen-bond donors (Lipinski definition) is 1. The first kappa shape index (κ1) is 21.8. The average Bonchev–Trinajstić information content (AvgIpc) is 2.75. The summed E-state index contributed by atoms with van der Waals surface area (Å²) in [7, 11) is -3.49. The molecule has 29 heavy (non-hydrogen) atoms. The normalized spacial score (nSPS) is 16.3. The van der Waals surface area contributed by atoms with Crippen LogP contribution in [-0.4, -0.2) is 42.0 Å². The minimum absolute atomic E-state index is 0.119. The van der Waals surface area contributed by atoms with E-state index in [1.807, 2.05) is 24.3 Å². The van der Waals surface area contributed by atoms with Crippen LogP contribution in [0.25, 0.3) is 0 Å². The van der Waals surface area contributed by atoms with E-state index in [1.54, 1.807) is 19.1 Å². The Hall–Kier alpha value is -1.90. The van der Waals surface area contributed by atoms with Crippen molar-refractivity contribution in [1.29, 1.82) is 0 Å². The lowest BCUT2D eigenvalue weighted by molar-refractivity contribution is -0.115. The zero-order valence-electron chi connectivity index (χ0n) is 16.8. The summed E-state index contributed by atoms with van der Waals surface area (Å²) >= 11 is 1.30. The van der Waals surface area contributed by atoms with Crippen LogP contribution in [0.5, 0.6) is 0 Å². The zero-order chi connectivity index (χ0) is 20.9. The van der Waals surface area contributed by atoms with Crippen LogP contribution in [0.4, 0.5) is 5.69 Å². The Bertz CT molecular complexity index is 923. The van der Waals surface area contributed by atoms with Crippen LogP contribution in [0.15, 0.2) is 52.5 Å². The van der Waals surface area contributed by atoms with Crippen LogP contribution < -0.4 is 5.32 Å². The maximum atomic E-state index is 12.7. The fourth-order valence-electron chi connectivity index (χ4n) is 3.15. The van der Waals surface area contributed by atoms with Gasteiger partial charge >= 0.3 is 0 Å². The highest BCUT2D eigenvalue weighted by Gasteiger charge is 2.26. The number of hydrogen-bond acceptors (Lipinski definition) is 5. The summed E-state index contributed by atoms with van der Waals surface area (Å²) in [5.41, 5.74) is 1.98. The van der Waals surface area contributed by atoms with Gasteiger partial charge < -0.3 is 5.32 Å².